The van der Waals surface area contributed by atoms with E-state index in [4.69, 9.17) is 14.2 Å². The van der Waals surface area contributed by atoms with E-state index in [9.17, 15) is 0 Å². The van der Waals surface area contributed by atoms with Gasteiger partial charge in [0.1, 0.15) is 5.75 Å². The highest BCUT2D eigenvalue weighted by Crippen LogP contribution is 2.33. The highest BCUT2D eigenvalue weighted by molar-refractivity contribution is 5.85. The largest absolute Gasteiger partial charge is 0.497 e. The lowest BCUT2D eigenvalue weighted by molar-refractivity contribution is 0.351. The van der Waals surface area contributed by atoms with Gasteiger partial charge >= 0.3 is 0 Å². The monoisotopic (exact) mass is 478 g/mol. The summed E-state index contributed by atoms with van der Waals surface area (Å²) >= 11 is 0. The summed E-state index contributed by atoms with van der Waals surface area (Å²) in [4.78, 5) is 0. The van der Waals surface area contributed by atoms with Crippen LogP contribution in [-0.4, -0.2) is 47.5 Å². The molecule has 5 nitrogen and oxygen atoms in total. The van der Waals surface area contributed by atoms with Crippen molar-refractivity contribution in [2.45, 2.75) is 51.9 Å². The fourth-order valence-corrected chi connectivity index (χ4v) is 4.01. The normalized spacial score (nSPS) is 10.5. The number of halogens is 1. The first-order valence-corrected chi connectivity index (χ1v) is 12.0. The minimum absolute atomic E-state index is 0. The molecule has 0 radical (unpaired) electrons. The van der Waals surface area contributed by atoms with Gasteiger partial charge in [-0.3, -0.25) is 0 Å². The highest BCUT2D eigenvalue weighted by atomic mass is 35.5. The van der Waals surface area contributed by atoms with Crippen LogP contribution >= 0.6 is 12.4 Å². The van der Waals surface area contributed by atoms with Gasteiger partial charge in [0.15, 0.2) is 11.5 Å². The Kier molecular flexibility index (Phi) is 15.4. The predicted molar refractivity (Wildman–Crippen MR) is 141 cm³/mol. The molecule has 0 aliphatic carbocycles. The molecular weight excluding hydrogens is 436 g/mol. The van der Waals surface area contributed by atoms with Crippen LogP contribution in [0.1, 0.15) is 49.3 Å². The maximum Gasteiger partial charge on any atom is 0.164 e. The summed E-state index contributed by atoms with van der Waals surface area (Å²) in [5.41, 5.74) is 3.95. The predicted octanol–water partition coefficient (Wildman–Crippen LogP) is 5.22. The summed E-state index contributed by atoms with van der Waals surface area (Å²) in [6, 6.07) is 12.5. The summed E-state index contributed by atoms with van der Waals surface area (Å²) in [6.45, 7) is 6.38. The van der Waals surface area contributed by atoms with Crippen molar-refractivity contribution in [3.8, 4) is 17.2 Å². The van der Waals surface area contributed by atoms with E-state index in [0.29, 0.717) is 0 Å². The Bertz CT molecular complexity index is 769. The average Bonchev–Trinajstić information content (AvgIpc) is 2.84. The molecule has 2 N–H and O–H groups in total. The lowest BCUT2D eigenvalue weighted by Crippen LogP contribution is -2.20. The van der Waals surface area contributed by atoms with Gasteiger partial charge in [-0.05, 0) is 87.6 Å². The fraction of sp³-hybridized carbons (Fsp3) is 0.556. The summed E-state index contributed by atoms with van der Waals surface area (Å²) in [7, 11) is 5.11. The molecule has 2 aromatic carbocycles. The standard InChI is InChI=1S/C27H42N2O3.ClH/c1-5-25-23(12-15-26(31-3)27(25)32-4)17-21-29-19-9-7-6-8-18-28-20-16-22-10-13-24(30-2)14-11-22;/h10-15,28-29H,5-9,16-21H2,1-4H3;1H. The van der Waals surface area contributed by atoms with E-state index >= 15 is 0 Å². The van der Waals surface area contributed by atoms with E-state index in [0.717, 1.165) is 62.7 Å². The van der Waals surface area contributed by atoms with Crippen molar-refractivity contribution in [2.75, 3.05) is 47.5 Å². The first-order chi connectivity index (χ1) is 15.7. The Hall–Kier alpha value is -1.95. The molecule has 0 aliphatic rings. The van der Waals surface area contributed by atoms with Gasteiger partial charge in [0.2, 0.25) is 0 Å². The van der Waals surface area contributed by atoms with Crippen molar-refractivity contribution >= 4 is 12.4 Å². The van der Waals surface area contributed by atoms with Crippen molar-refractivity contribution in [1.82, 2.24) is 10.6 Å². The molecule has 6 heteroatoms. The summed E-state index contributed by atoms with van der Waals surface area (Å²) in [5.74, 6) is 2.62. The van der Waals surface area contributed by atoms with Crippen LogP contribution in [0.25, 0.3) is 0 Å². The lowest BCUT2D eigenvalue weighted by atomic mass is 10.0. The highest BCUT2D eigenvalue weighted by Gasteiger charge is 2.13. The van der Waals surface area contributed by atoms with Gasteiger partial charge in [-0.15, -0.1) is 12.4 Å². The van der Waals surface area contributed by atoms with E-state index in [1.165, 1.54) is 42.4 Å². The van der Waals surface area contributed by atoms with Crippen molar-refractivity contribution in [3.05, 3.63) is 53.1 Å². The molecule has 0 amide bonds. The third kappa shape index (κ3) is 10.2. The molecule has 0 heterocycles. The quantitative estimate of drug-likeness (QED) is 0.305. The van der Waals surface area contributed by atoms with Crippen LogP contribution in [0.3, 0.4) is 0 Å². The van der Waals surface area contributed by atoms with Crippen LogP contribution in [0.15, 0.2) is 36.4 Å². The summed E-state index contributed by atoms with van der Waals surface area (Å²) in [6.07, 6.45) is 8.07. The van der Waals surface area contributed by atoms with Gasteiger partial charge in [-0.1, -0.05) is 38.0 Å². The number of methoxy groups -OCH3 is 3. The van der Waals surface area contributed by atoms with E-state index in [2.05, 4.69) is 35.8 Å². The zero-order chi connectivity index (χ0) is 23.0. The molecule has 0 unspecified atom stereocenters. The second kappa shape index (κ2) is 17.5. The topological polar surface area (TPSA) is 51.8 Å². The molecule has 186 valence electrons. The molecule has 0 aromatic heterocycles. The minimum atomic E-state index is 0. The average molecular weight is 479 g/mol. The first-order valence-electron chi connectivity index (χ1n) is 12.0. The van der Waals surface area contributed by atoms with Gasteiger partial charge in [0.05, 0.1) is 21.3 Å². The Morgan fingerprint density at radius 2 is 1.30 bits per heavy atom. The van der Waals surface area contributed by atoms with E-state index in [1.54, 1.807) is 21.3 Å². The Morgan fingerprint density at radius 3 is 1.85 bits per heavy atom. The van der Waals surface area contributed by atoms with Crippen LogP contribution in [0.4, 0.5) is 0 Å². The van der Waals surface area contributed by atoms with Crippen molar-refractivity contribution in [1.29, 1.82) is 0 Å². The SMILES string of the molecule is CCc1c(CCNCCCCCCNCCc2ccc(OC)cc2)ccc(OC)c1OC.Cl. The first kappa shape index (κ1) is 29.1. The van der Waals surface area contributed by atoms with Gasteiger partial charge in [0.25, 0.3) is 0 Å². The third-order valence-electron chi connectivity index (χ3n) is 5.88. The zero-order valence-corrected chi connectivity index (χ0v) is 21.7. The molecule has 0 aliphatic heterocycles. The number of nitrogens with one attached hydrogen (secondary N) is 2. The number of hydrogen-bond acceptors (Lipinski definition) is 5. The number of unbranched alkanes of at least 4 members (excludes halogenated alkanes) is 3. The lowest BCUT2D eigenvalue weighted by Gasteiger charge is -2.16. The Labute approximate surface area is 207 Å². The molecule has 2 aromatic rings. The molecule has 0 fully saturated rings. The van der Waals surface area contributed by atoms with Crippen LogP contribution in [-0.2, 0) is 19.3 Å². The van der Waals surface area contributed by atoms with Crippen LogP contribution in [0.5, 0.6) is 17.2 Å². The molecule has 33 heavy (non-hydrogen) atoms. The second-order valence-corrected chi connectivity index (χ2v) is 8.05. The minimum Gasteiger partial charge on any atom is -0.497 e. The molecule has 0 saturated carbocycles. The maximum absolute atomic E-state index is 5.58. The maximum atomic E-state index is 5.58. The number of benzene rings is 2. The van der Waals surface area contributed by atoms with E-state index < -0.39 is 0 Å². The Balaban J connectivity index is 0.00000544. The smallest absolute Gasteiger partial charge is 0.164 e. The van der Waals surface area contributed by atoms with Crippen molar-refractivity contribution in [3.63, 3.8) is 0 Å². The molecule has 0 atom stereocenters. The summed E-state index contributed by atoms with van der Waals surface area (Å²) in [5, 5.41) is 7.15. The number of rotatable bonds is 17. The number of hydrogen-bond donors (Lipinski definition) is 2. The van der Waals surface area contributed by atoms with Crippen LogP contribution in [0, 0.1) is 0 Å². The van der Waals surface area contributed by atoms with Crippen LogP contribution in [0.2, 0.25) is 0 Å². The molecular formula is C27H43ClN2O3. The molecule has 0 spiro atoms. The number of ether oxygens (including phenoxy) is 3. The zero-order valence-electron chi connectivity index (χ0n) is 20.9. The molecule has 2 rings (SSSR count). The van der Waals surface area contributed by atoms with Gasteiger partial charge in [0, 0.05) is 5.56 Å². The second-order valence-electron chi connectivity index (χ2n) is 8.05. The third-order valence-corrected chi connectivity index (χ3v) is 5.88. The van der Waals surface area contributed by atoms with Crippen LogP contribution < -0.4 is 24.8 Å². The summed E-state index contributed by atoms with van der Waals surface area (Å²) < 4.78 is 16.2. The van der Waals surface area contributed by atoms with Crippen molar-refractivity contribution in [2.24, 2.45) is 0 Å². The van der Waals surface area contributed by atoms with Gasteiger partial charge < -0.3 is 24.8 Å². The van der Waals surface area contributed by atoms with Gasteiger partial charge in [-0.2, -0.15) is 0 Å². The van der Waals surface area contributed by atoms with Gasteiger partial charge in [-0.25, -0.2) is 0 Å². The van der Waals surface area contributed by atoms with Crippen molar-refractivity contribution < 1.29 is 14.2 Å². The van der Waals surface area contributed by atoms with E-state index in [-0.39, 0.29) is 12.4 Å². The Morgan fingerprint density at radius 1 is 0.667 bits per heavy atom. The van der Waals surface area contributed by atoms with E-state index in [1.807, 2.05) is 18.2 Å². The fourth-order valence-electron chi connectivity index (χ4n) is 4.01. The molecule has 0 saturated heterocycles. The molecule has 0 bridgehead atoms.